The highest BCUT2D eigenvalue weighted by Crippen LogP contribution is 2.24. The van der Waals surface area contributed by atoms with Crippen molar-refractivity contribution in [2.75, 3.05) is 31.1 Å². The van der Waals surface area contributed by atoms with Crippen molar-refractivity contribution >= 4 is 11.8 Å². The number of carbonyl (C=O) groups excluding carboxylic acids is 1. The molecule has 1 aliphatic heterocycles. The molecule has 1 aliphatic rings. The molecule has 5 nitrogen and oxygen atoms in total. The van der Waals surface area contributed by atoms with Gasteiger partial charge in [0, 0.05) is 44.1 Å². The first-order chi connectivity index (χ1) is 12.3. The normalized spacial score (nSPS) is 15.1. The molecule has 1 aromatic carbocycles. The molecule has 2 heterocycles. The highest BCUT2D eigenvalue weighted by molar-refractivity contribution is 5.69. The minimum atomic E-state index is -0.482. The van der Waals surface area contributed by atoms with Gasteiger partial charge in [0.05, 0.1) is 0 Å². The van der Waals surface area contributed by atoms with E-state index in [1.165, 1.54) is 12.3 Å². The van der Waals surface area contributed by atoms with Crippen LogP contribution in [0.1, 0.15) is 20.8 Å². The Morgan fingerprint density at radius 2 is 1.69 bits per heavy atom. The number of benzene rings is 1. The number of halogens is 1. The van der Waals surface area contributed by atoms with Gasteiger partial charge in [-0.2, -0.15) is 4.39 Å². The number of ether oxygens (including phenoxy) is 1. The van der Waals surface area contributed by atoms with Crippen molar-refractivity contribution in [1.29, 1.82) is 0 Å². The lowest BCUT2D eigenvalue weighted by molar-refractivity contribution is 0.0240. The maximum Gasteiger partial charge on any atom is 0.410 e. The summed E-state index contributed by atoms with van der Waals surface area (Å²) in [6.45, 7) is 8.38. The average Bonchev–Trinajstić information content (AvgIpc) is 2.61. The van der Waals surface area contributed by atoms with Crippen LogP contribution in [-0.4, -0.2) is 47.8 Å². The molecule has 26 heavy (non-hydrogen) atoms. The largest absolute Gasteiger partial charge is 0.444 e. The maximum atomic E-state index is 13.3. The number of pyridine rings is 1. The third-order valence-corrected chi connectivity index (χ3v) is 4.22. The van der Waals surface area contributed by atoms with Gasteiger partial charge in [-0.3, -0.25) is 0 Å². The highest BCUT2D eigenvalue weighted by atomic mass is 19.1. The molecule has 0 saturated carbocycles. The molecule has 0 bridgehead atoms. The number of hydrogen-bond donors (Lipinski definition) is 0. The predicted molar refractivity (Wildman–Crippen MR) is 99.7 cm³/mol. The fourth-order valence-electron chi connectivity index (χ4n) is 2.92. The number of aromatic nitrogens is 1. The summed E-state index contributed by atoms with van der Waals surface area (Å²) in [6.07, 6.45) is 1.21. The second-order valence-corrected chi connectivity index (χ2v) is 7.37. The van der Waals surface area contributed by atoms with Crippen LogP contribution in [-0.2, 0) is 4.74 Å². The minimum Gasteiger partial charge on any atom is -0.444 e. The van der Waals surface area contributed by atoms with E-state index in [-0.39, 0.29) is 6.09 Å². The van der Waals surface area contributed by atoms with Crippen LogP contribution in [0.4, 0.5) is 14.9 Å². The molecule has 1 saturated heterocycles. The molecular weight excluding hydrogens is 333 g/mol. The second-order valence-electron chi connectivity index (χ2n) is 7.37. The van der Waals surface area contributed by atoms with Crippen molar-refractivity contribution in [3.05, 3.63) is 48.5 Å². The van der Waals surface area contributed by atoms with E-state index in [1.807, 2.05) is 45.0 Å². The van der Waals surface area contributed by atoms with Crippen LogP contribution in [0.3, 0.4) is 0 Å². The van der Waals surface area contributed by atoms with Crippen LogP contribution >= 0.6 is 0 Å². The van der Waals surface area contributed by atoms with E-state index >= 15 is 0 Å². The Balaban J connectivity index is 1.60. The van der Waals surface area contributed by atoms with Crippen LogP contribution in [0.2, 0.25) is 0 Å². The summed E-state index contributed by atoms with van der Waals surface area (Å²) in [5.74, 6) is -0.482. The number of amides is 1. The summed E-state index contributed by atoms with van der Waals surface area (Å²) in [5, 5.41) is 0. The molecule has 1 aromatic heterocycles. The molecule has 3 rings (SSSR count). The molecule has 2 aromatic rings. The van der Waals surface area contributed by atoms with Gasteiger partial charge >= 0.3 is 6.09 Å². The number of hydrogen-bond acceptors (Lipinski definition) is 4. The van der Waals surface area contributed by atoms with E-state index in [4.69, 9.17) is 4.74 Å². The summed E-state index contributed by atoms with van der Waals surface area (Å²) in [5.41, 5.74) is 2.37. The van der Waals surface area contributed by atoms with Crippen LogP contribution in [0.5, 0.6) is 0 Å². The lowest BCUT2D eigenvalue weighted by atomic mass is 10.1. The van der Waals surface area contributed by atoms with Gasteiger partial charge in [-0.15, -0.1) is 0 Å². The summed E-state index contributed by atoms with van der Waals surface area (Å²) in [7, 11) is 0. The van der Waals surface area contributed by atoms with Crippen LogP contribution in [0.25, 0.3) is 11.1 Å². The van der Waals surface area contributed by atoms with Gasteiger partial charge in [0.2, 0.25) is 5.95 Å². The van der Waals surface area contributed by atoms with Crippen LogP contribution in [0, 0.1) is 5.95 Å². The van der Waals surface area contributed by atoms with Gasteiger partial charge in [0.1, 0.15) is 5.60 Å². The molecule has 0 N–H and O–H groups in total. The van der Waals surface area contributed by atoms with Gasteiger partial charge in [0.25, 0.3) is 0 Å². The Morgan fingerprint density at radius 1 is 1.04 bits per heavy atom. The lowest BCUT2D eigenvalue weighted by Crippen LogP contribution is -2.50. The third kappa shape index (κ3) is 4.50. The molecule has 0 radical (unpaired) electrons. The number of rotatable bonds is 2. The number of piperazine rings is 1. The molecule has 138 valence electrons. The zero-order valence-electron chi connectivity index (χ0n) is 15.4. The van der Waals surface area contributed by atoms with E-state index in [1.54, 1.807) is 11.0 Å². The monoisotopic (exact) mass is 357 g/mol. The molecule has 0 unspecified atom stereocenters. The van der Waals surface area contributed by atoms with Gasteiger partial charge in [-0.25, -0.2) is 9.78 Å². The summed E-state index contributed by atoms with van der Waals surface area (Å²) in [4.78, 5) is 19.7. The van der Waals surface area contributed by atoms with Gasteiger partial charge in [0.15, 0.2) is 0 Å². The summed E-state index contributed by atoms with van der Waals surface area (Å²) < 4.78 is 18.7. The van der Waals surface area contributed by atoms with Crippen LogP contribution in [0.15, 0.2) is 42.6 Å². The van der Waals surface area contributed by atoms with Crippen molar-refractivity contribution < 1.29 is 13.9 Å². The quantitative estimate of drug-likeness (QED) is 0.764. The fourth-order valence-corrected chi connectivity index (χ4v) is 2.92. The summed E-state index contributed by atoms with van der Waals surface area (Å²) in [6, 6.07) is 11.2. The highest BCUT2D eigenvalue weighted by Gasteiger charge is 2.25. The van der Waals surface area contributed by atoms with Gasteiger partial charge in [-0.1, -0.05) is 12.1 Å². The summed E-state index contributed by atoms with van der Waals surface area (Å²) >= 11 is 0. The molecular formula is C20H24FN3O2. The third-order valence-electron chi connectivity index (χ3n) is 4.22. The van der Waals surface area contributed by atoms with E-state index in [9.17, 15) is 9.18 Å². The Labute approximate surface area is 153 Å². The first-order valence-corrected chi connectivity index (χ1v) is 8.77. The van der Waals surface area contributed by atoms with E-state index < -0.39 is 11.5 Å². The first-order valence-electron chi connectivity index (χ1n) is 8.77. The van der Waals surface area contributed by atoms with E-state index in [2.05, 4.69) is 9.88 Å². The van der Waals surface area contributed by atoms with Crippen molar-refractivity contribution in [2.24, 2.45) is 0 Å². The Bertz CT molecular complexity index is 763. The second kappa shape index (κ2) is 7.32. The molecule has 0 atom stereocenters. The Hall–Kier alpha value is -2.63. The lowest BCUT2D eigenvalue weighted by Gasteiger charge is -2.36. The smallest absolute Gasteiger partial charge is 0.410 e. The Kier molecular flexibility index (Phi) is 5.11. The molecule has 1 amide bonds. The molecule has 1 fully saturated rings. The van der Waals surface area contributed by atoms with Crippen molar-refractivity contribution in [2.45, 2.75) is 26.4 Å². The van der Waals surface area contributed by atoms with Crippen molar-refractivity contribution in [1.82, 2.24) is 9.88 Å². The van der Waals surface area contributed by atoms with Crippen molar-refractivity contribution in [3.63, 3.8) is 0 Å². The predicted octanol–water partition coefficient (Wildman–Crippen LogP) is 3.94. The Morgan fingerprint density at radius 3 is 2.27 bits per heavy atom. The number of nitrogens with zero attached hydrogens (tertiary/aromatic N) is 3. The van der Waals surface area contributed by atoms with Crippen LogP contribution < -0.4 is 4.90 Å². The van der Waals surface area contributed by atoms with E-state index in [0.717, 1.165) is 29.9 Å². The number of anilines is 1. The van der Waals surface area contributed by atoms with Gasteiger partial charge in [-0.05, 0) is 50.1 Å². The topological polar surface area (TPSA) is 45.7 Å². The standard InChI is InChI=1S/C20H24FN3O2/c1-20(2,3)26-19(25)24-12-10-23(11-13-24)17-6-4-15(5-7-17)16-8-9-22-18(21)14-16/h4-9,14H,10-13H2,1-3H3. The average molecular weight is 357 g/mol. The molecule has 0 aliphatic carbocycles. The number of carbonyl (C=O) groups is 1. The van der Waals surface area contributed by atoms with Crippen molar-refractivity contribution in [3.8, 4) is 11.1 Å². The maximum absolute atomic E-state index is 13.3. The molecule has 0 spiro atoms. The zero-order chi connectivity index (χ0) is 18.7. The molecule has 6 heteroatoms. The van der Waals surface area contributed by atoms with E-state index in [0.29, 0.717) is 13.1 Å². The minimum absolute atomic E-state index is 0.257. The zero-order valence-corrected chi connectivity index (χ0v) is 15.4. The van der Waals surface area contributed by atoms with Gasteiger partial charge < -0.3 is 14.5 Å². The first kappa shape index (κ1) is 18.2. The fraction of sp³-hybridized carbons (Fsp3) is 0.400. The SMILES string of the molecule is CC(C)(C)OC(=O)N1CCN(c2ccc(-c3ccnc(F)c3)cc2)CC1.